The first kappa shape index (κ1) is 18.6. The maximum atomic E-state index is 12.2. The van der Waals surface area contributed by atoms with Crippen LogP contribution in [-0.2, 0) is 27.2 Å². The molecule has 0 saturated carbocycles. The van der Waals surface area contributed by atoms with Crippen LogP contribution in [0.5, 0.6) is 0 Å². The minimum atomic E-state index is -0.484. The fraction of sp³-hybridized carbons (Fsp3) is 0.300. The van der Waals surface area contributed by atoms with E-state index in [1.165, 1.54) is 28.7 Å². The summed E-state index contributed by atoms with van der Waals surface area (Å²) in [5, 5.41) is 10.9. The molecule has 27 heavy (non-hydrogen) atoms. The molecule has 0 radical (unpaired) electrons. The monoisotopic (exact) mass is 368 g/mol. The maximum Gasteiger partial charge on any atom is 0.326 e. The lowest BCUT2D eigenvalue weighted by Crippen LogP contribution is -2.39. The molecule has 0 fully saturated rings. The zero-order chi connectivity index (χ0) is 19.2. The van der Waals surface area contributed by atoms with Crippen LogP contribution >= 0.6 is 0 Å². The van der Waals surface area contributed by atoms with Crippen molar-refractivity contribution in [3.8, 4) is 0 Å². The Bertz CT molecular complexity index is 851. The first-order valence-electron chi connectivity index (χ1n) is 8.82. The second-order valence-corrected chi connectivity index (χ2v) is 6.36. The molecular weight excluding hydrogens is 348 g/mol. The maximum absolute atomic E-state index is 12.2. The Morgan fingerprint density at radius 1 is 1.15 bits per heavy atom. The molecule has 140 valence electrons. The van der Waals surface area contributed by atoms with Crippen molar-refractivity contribution in [3.63, 3.8) is 0 Å². The van der Waals surface area contributed by atoms with E-state index >= 15 is 0 Å². The lowest BCUT2D eigenvalue weighted by molar-refractivity contribution is -0.384. The number of carbonyl (C=O) groups is 2. The number of ether oxygens (including phenoxy) is 1. The van der Waals surface area contributed by atoms with Gasteiger partial charge < -0.3 is 9.64 Å². The van der Waals surface area contributed by atoms with Crippen molar-refractivity contribution in [1.29, 1.82) is 0 Å². The number of hydrogen-bond donors (Lipinski definition) is 0. The molecule has 1 heterocycles. The van der Waals surface area contributed by atoms with Crippen LogP contribution in [0.15, 0.2) is 48.5 Å². The van der Waals surface area contributed by atoms with Crippen LogP contribution < -0.4 is 4.90 Å². The third-order valence-corrected chi connectivity index (χ3v) is 4.48. The van der Waals surface area contributed by atoms with Gasteiger partial charge in [-0.3, -0.25) is 19.7 Å². The SMILES string of the molecule is O=C(CN1C(=O)CCc2cc([N+](=O)[O-])ccc21)OCCCc1ccccc1. The lowest BCUT2D eigenvalue weighted by Gasteiger charge is -2.28. The molecule has 0 aromatic heterocycles. The van der Waals surface area contributed by atoms with Gasteiger partial charge in [0.25, 0.3) is 5.69 Å². The zero-order valence-electron chi connectivity index (χ0n) is 14.8. The van der Waals surface area contributed by atoms with Crippen LogP contribution in [0, 0.1) is 10.1 Å². The highest BCUT2D eigenvalue weighted by atomic mass is 16.6. The van der Waals surface area contributed by atoms with Crippen molar-refractivity contribution < 1.29 is 19.2 Å². The number of esters is 1. The van der Waals surface area contributed by atoms with Crippen molar-refractivity contribution in [2.75, 3.05) is 18.1 Å². The summed E-state index contributed by atoms with van der Waals surface area (Å²) in [4.78, 5) is 36.1. The van der Waals surface area contributed by atoms with Crippen LogP contribution in [0.1, 0.15) is 24.0 Å². The van der Waals surface area contributed by atoms with E-state index in [-0.39, 0.29) is 31.2 Å². The van der Waals surface area contributed by atoms with Gasteiger partial charge in [-0.25, -0.2) is 0 Å². The van der Waals surface area contributed by atoms with Crippen molar-refractivity contribution in [1.82, 2.24) is 0 Å². The van der Waals surface area contributed by atoms with Gasteiger partial charge in [0.2, 0.25) is 5.91 Å². The first-order chi connectivity index (χ1) is 13.0. The Labute approximate surface area is 156 Å². The van der Waals surface area contributed by atoms with Gasteiger partial charge in [-0.2, -0.15) is 0 Å². The predicted octanol–water partition coefficient (Wildman–Crippen LogP) is 3.05. The van der Waals surface area contributed by atoms with Gasteiger partial charge in [-0.15, -0.1) is 0 Å². The van der Waals surface area contributed by atoms with E-state index in [1.54, 1.807) is 0 Å². The second kappa shape index (κ2) is 8.44. The molecule has 7 nitrogen and oxygen atoms in total. The third-order valence-electron chi connectivity index (χ3n) is 4.48. The van der Waals surface area contributed by atoms with Gasteiger partial charge in [0.1, 0.15) is 6.54 Å². The van der Waals surface area contributed by atoms with Crippen LogP contribution in [-0.4, -0.2) is 30.0 Å². The highest BCUT2D eigenvalue weighted by Crippen LogP contribution is 2.30. The molecular formula is C20H20N2O5. The van der Waals surface area contributed by atoms with Gasteiger partial charge in [0.15, 0.2) is 0 Å². The van der Waals surface area contributed by atoms with E-state index < -0.39 is 10.9 Å². The van der Waals surface area contributed by atoms with Gasteiger partial charge in [0.05, 0.1) is 11.5 Å². The lowest BCUT2D eigenvalue weighted by atomic mass is 10.0. The molecule has 2 aromatic rings. The number of rotatable bonds is 7. The Kier molecular flexibility index (Phi) is 5.80. The number of nitro groups is 1. The van der Waals surface area contributed by atoms with E-state index in [9.17, 15) is 19.7 Å². The van der Waals surface area contributed by atoms with Crippen molar-refractivity contribution >= 4 is 23.3 Å². The van der Waals surface area contributed by atoms with Crippen molar-refractivity contribution in [3.05, 3.63) is 69.8 Å². The van der Waals surface area contributed by atoms with E-state index in [1.807, 2.05) is 30.3 Å². The number of benzene rings is 2. The minimum absolute atomic E-state index is 0.0217. The van der Waals surface area contributed by atoms with E-state index in [0.29, 0.717) is 24.1 Å². The van der Waals surface area contributed by atoms with Crippen molar-refractivity contribution in [2.45, 2.75) is 25.7 Å². The van der Waals surface area contributed by atoms with E-state index in [2.05, 4.69) is 0 Å². The van der Waals surface area contributed by atoms with E-state index in [0.717, 1.165) is 6.42 Å². The number of fused-ring (bicyclic) bond motifs is 1. The van der Waals surface area contributed by atoms with Crippen LogP contribution in [0.25, 0.3) is 0 Å². The number of amides is 1. The van der Waals surface area contributed by atoms with Crippen molar-refractivity contribution in [2.24, 2.45) is 0 Å². The predicted molar refractivity (Wildman–Crippen MR) is 99.5 cm³/mol. The average Bonchev–Trinajstić information content (AvgIpc) is 2.68. The second-order valence-electron chi connectivity index (χ2n) is 6.36. The average molecular weight is 368 g/mol. The molecule has 3 rings (SSSR count). The molecule has 0 spiro atoms. The van der Waals surface area contributed by atoms with E-state index in [4.69, 9.17) is 4.74 Å². The molecule has 0 saturated heterocycles. The largest absolute Gasteiger partial charge is 0.464 e. The molecule has 0 atom stereocenters. The molecule has 2 aromatic carbocycles. The highest BCUT2D eigenvalue weighted by molar-refractivity contribution is 6.00. The van der Waals surface area contributed by atoms with Gasteiger partial charge in [-0.1, -0.05) is 30.3 Å². The fourth-order valence-corrected chi connectivity index (χ4v) is 3.12. The van der Waals surface area contributed by atoms with Crippen LogP contribution in [0.3, 0.4) is 0 Å². The number of nitro benzene ring substituents is 1. The van der Waals surface area contributed by atoms with Gasteiger partial charge in [0, 0.05) is 24.2 Å². The summed E-state index contributed by atoms with van der Waals surface area (Å²) in [6.45, 7) is 0.0951. The summed E-state index contributed by atoms with van der Waals surface area (Å²) in [5.41, 5.74) is 2.39. The Hall–Kier alpha value is -3.22. The molecule has 0 bridgehead atoms. The summed E-state index contributed by atoms with van der Waals surface area (Å²) >= 11 is 0. The number of aryl methyl sites for hydroxylation is 2. The molecule has 1 amide bonds. The normalized spacial score (nSPS) is 13.2. The molecule has 1 aliphatic heterocycles. The molecule has 0 unspecified atom stereocenters. The Balaban J connectivity index is 1.56. The standard InChI is InChI=1S/C20H20N2O5/c23-19-11-8-16-13-17(22(25)26)9-10-18(16)21(19)14-20(24)27-12-4-7-15-5-2-1-3-6-15/h1-3,5-6,9-10,13H,4,7-8,11-12,14H2. The molecule has 0 N–H and O–H groups in total. The Morgan fingerprint density at radius 3 is 2.67 bits per heavy atom. The quantitative estimate of drug-likeness (QED) is 0.324. The summed E-state index contributed by atoms with van der Waals surface area (Å²) in [6.07, 6.45) is 2.16. The molecule has 1 aliphatic rings. The van der Waals surface area contributed by atoms with Gasteiger partial charge in [-0.05, 0) is 36.5 Å². The minimum Gasteiger partial charge on any atom is -0.464 e. The number of nitrogens with zero attached hydrogens (tertiary/aromatic N) is 2. The zero-order valence-corrected chi connectivity index (χ0v) is 14.8. The topological polar surface area (TPSA) is 89.8 Å². The van der Waals surface area contributed by atoms with Crippen LogP contribution in [0.4, 0.5) is 11.4 Å². The molecule has 0 aliphatic carbocycles. The summed E-state index contributed by atoms with van der Waals surface area (Å²) in [5.74, 6) is -0.666. The number of non-ortho nitro benzene ring substituents is 1. The number of hydrogen-bond acceptors (Lipinski definition) is 5. The smallest absolute Gasteiger partial charge is 0.326 e. The fourth-order valence-electron chi connectivity index (χ4n) is 3.12. The summed E-state index contributed by atoms with van der Waals surface area (Å²) in [6, 6.07) is 14.2. The number of anilines is 1. The van der Waals surface area contributed by atoms with Crippen LogP contribution in [0.2, 0.25) is 0 Å². The first-order valence-corrected chi connectivity index (χ1v) is 8.82. The highest BCUT2D eigenvalue weighted by Gasteiger charge is 2.27. The Morgan fingerprint density at radius 2 is 1.93 bits per heavy atom. The summed E-state index contributed by atoms with van der Waals surface area (Å²) in [7, 11) is 0. The number of carbonyl (C=O) groups excluding carboxylic acids is 2. The molecule has 7 heteroatoms. The summed E-state index contributed by atoms with van der Waals surface area (Å²) < 4.78 is 5.25. The van der Waals surface area contributed by atoms with Gasteiger partial charge >= 0.3 is 5.97 Å². The third kappa shape index (κ3) is 4.69.